The largest absolute Gasteiger partial charge is 0.293 e. The zero-order valence-corrected chi connectivity index (χ0v) is 10.7. The maximum Gasteiger partial charge on any atom is 0.179 e. The van der Waals surface area contributed by atoms with Gasteiger partial charge in [-0.2, -0.15) is 5.26 Å². The Hall–Kier alpha value is -1.62. The summed E-state index contributed by atoms with van der Waals surface area (Å²) in [5.41, 5.74) is 1.86. The molecule has 17 heavy (non-hydrogen) atoms. The molecule has 1 aromatic carbocycles. The smallest absolute Gasteiger partial charge is 0.179 e. The average molecular weight is 229 g/mol. The highest BCUT2D eigenvalue weighted by molar-refractivity contribution is 5.99. The second-order valence-electron chi connectivity index (χ2n) is 4.61. The minimum absolute atomic E-state index is 0.0512. The van der Waals surface area contributed by atoms with Crippen LogP contribution in [0, 0.1) is 17.2 Å². The van der Waals surface area contributed by atoms with Gasteiger partial charge in [0, 0.05) is 5.56 Å². The number of nitriles is 1. The van der Waals surface area contributed by atoms with Gasteiger partial charge in [-0.3, -0.25) is 4.79 Å². The van der Waals surface area contributed by atoms with Crippen molar-refractivity contribution in [3.8, 4) is 6.07 Å². The fourth-order valence-electron chi connectivity index (χ4n) is 1.78. The number of hydrogen-bond acceptors (Lipinski definition) is 2. The molecule has 0 N–H and O–H groups in total. The van der Waals surface area contributed by atoms with Crippen LogP contribution in [0.15, 0.2) is 24.3 Å². The number of carbonyl (C=O) groups is 1. The van der Waals surface area contributed by atoms with Crippen LogP contribution in [-0.4, -0.2) is 5.78 Å². The van der Waals surface area contributed by atoms with Gasteiger partial charge in [0.15, 0.2) is 5.78 Å². The van der Waals surface area contributed by atoms with Gasteiger partial charge in [0.2, 0.25) is 0 Å². The number of hydrogen-bond donors (Lipinski definition) is 0. The Kier molecular flexibility index (Phi) is 4.90. The third kappa shape index (κ3) is 3.42. The van der Waals surface area contributed by atoms with Crippen molar-refractivity contribution in [2.75, 3.05) is 0 Å². The molecule has 0 radical (unpaired) electrons. The lowest BCUT2D eigenvalue weighted by atomic mass is 9.93. The highest BCUT2D eigenvalue weighted by Crippen LogP contribution is 2.18. The number of rotatable bonds is 5. The molecule has 0 aromatic heterocycles. The van der Waals surface area contributed by atoms with Gasteiger partial charge in [-0.1, -0.05) is 51.5 Å². The number of Topliss-reactive ketones (excluding diaryl/α,β-unsaturated/α-hetero) is 1. The monoisotopic (exact) mass is 229 g/mol. The molecule has 0 saturated heterocycles. The lowest BCUT2D eigenvalue weighted by Gasteiger charge is -2.09. The van der Waals surface area contributed by atoms with Crippen LogP contribution in [0.1, 0.15) is 55.5 Å². The van der Waals surface area contributed by atoms with Crippen molar-refractivity contribution in [3.05, 3.63) is 35.4 Å². The number of benzene rings is 1. The van der Waals surface area contributed by atoms with Crippen molar-refractivity contribution < 1.29 is 4.79 Å². The van der Waals surface area contributed by atoms with E-state index in [1.807, 2.05) is 31.2 Å². The van der Waals surface area contributed by atoms with E-state index in [4.69, 9.17) is 5.26 Å². The second-order valence-corrected chi connectivity index (χ2v) is 4.61. The summed E-state index contributed by atoms with van der Waals surface area (Å²) in [6.45, 7) is 6.22. The van der Waals surface area contributed by atoms with E-state index in [9.17, 15) is 4.79 Å². The lowest BCUT2D eigenvalue weighted by Crippen LogP contribution is -2.12. The Morgan fingerprint density at radius 1 is 1.29 bits per heavy atom. The fourth-order valence-corrected chi connectivity index (χ4v) is 1.78. The molecule has 0 aliphatic carbocycles. The van der Waals surface area contributed by atoms with Crippen molar-refractivity contribution in [1.82, 2.24) is 0 Å². The first-order valence-electron chi connectivity index (χ1n) is 6.14. The van der Waals surface area contributed by atoms with Crippen molar-refractivity contribution in [1.29, 1.82) is 5.26 Å². The van der Waals surface area contributed by atoms with Crippen molar-refractivity contribution >= 4 is 5.78 Å². The summed E-state index contributed by atoms with van der Waals surface area (Å²) in [6, 6.07) is 9.69. The molecule has 1 atom stereocenters. The first-order chi connectivity index (χ1) is 8.10. The van der Waals surface area contributed by atoms with Gasteiger partial charge < -0.3 is 0 Å². The Labute approximate surface area is 103 Å². The molecular weight excluding hydrogens is 210 g/mol. The molecule has 0 spiro atoms. The summed E-state index contributed by atoms with van der Waals surface area (Å²) in [6.07, 6.45) is 1.50. The molecule has 90 valence electrons. The SMILES string of the molecule is CCCC(C#N)C(=O)c1ccc(C(C)C)cc1. The zero-order valence-electron chi connectivity index (χ0n) is 10.7. The second kappa shape index (κ2) is 6.20. The van der Waals surface area contributed by atoms with Crippen LogP contribution in [-0.2, 0) is 0 Å². The first-order valence-corrected chi connectivity index (χ1v) is 6.14. The van der Waals surface area contributed by atoms with Crippen LogP contribution in [0.4, 0.5) is 0 Å². The average Bonchev–Trinajstić information content (AvgIpc) is 2.35. The fraction of sp³-hybridized carbons (Fsp3) is 0.467. The van der Waals surface area contributed by atoms with Gasteiger partial charge in [0.1, 0.15) is 5.92 Å². The molecule has 0 heterocycles. The van der Waals surface area contributed by atoms with Gasteiger partial charge in [-0.05, 0) is 17.9 Å². The van der Waals surface area contributed by atoms with E-state index >= 15 is 0 Å². The quantitative estimate of drug-likeness (QED) is 0.718. The summed E-state index contributed by atoms with van der Waals surface area (Å²) in [7, 11) is 0. The summed E-state index contributed by atoms with van der Waals surface area (Å²) in [5, 5.41) is 8.96. The molecule has 0 aliphatic rings. The molecule has 1 aromatic rings. The Morgan fingerprint density at radius 3 is 2.29 bits per heavy atom. The van der Waals surface area contributed by atoms with E-state index in [0.717, 1.165) is 6.42 Å². The Morgan fingerprint density at radius 2 is 1.88 bits per heavy atom. The van der Waals surface area contributed by atoms with Crippen LogP contribution in [0.5, 0.6) is 0 Å². The van der Waals surface area contributed by atoms with Gasteiger partial charge >= 0.3 is 0 Å². The van der Waals surface area contributed by atoms with Crippen LogP contribution < -0.4 is 0 Å². The molecular formula is C15H19NO. The standard InChI is InChI=1S/C15H19NO/c1-4-5-14(10-16)15(17)13-8-6-12(7-9-13)11(2)3/h6-9,11,14H,4-5H2,1-3H3. The van der Waals surface area contributed by atoms with Crippen LogP contribution in [0.2, 0.25) is 0 Å². The predicted octanol–water partition coefficient (Wildman–Crippen LogP) is 3.93. The first kappa shape index (κ1) is 13.4. The molecule has 0 fully saturated rings. The van der Waals surface area contributed by atoms with Crippen molar-refractivity contribution in [2.24, 2.45) is 5.92 Å². The van der Waals surface area contributed by atoms with Crippen LogP contribution in [0.3, 0.4) is 0 Å². The Bertz CT molecular complexity index is 412. The molecule has 2 nitrogen and oxygen atoms in total. The van der Waals surface area contributed by atoms with Crippen LogP contribution >= 0.6 is 0 Å². The minimum Gasteiger partial charge on any atom is -0.293 e. The maximum atomic E-state index is 12.0. The summed E-state index contributed by atoms with van der Waals surface area (Å²) in [5.74, 6) is -0.0869. The van der Waals surface area contributed by atoms with E-state index in [1.165, 1.54) is 5.56 Å². The van der Waals surface area contributed by atoms with E-state index in [-0.39, 0.29) is 5.78 Å². The maximum absolute atomic E-state index is 12.0. The molecule has 0 saturated carbocycles. The van der Waals surface area contributed by atoms with E-state index in [2.05, 4.69) is 19.9 Å². The highest BCUT2D eigenvalue weighted by Gasteiger charge is 2.18. The molecule has 1 rings (SSSR count). The third-order valence-electron chi connectivity index (χ3n) is 2.91. The minimum atomic E-state index is -0.495. The number of nitrogens with zero attached hydrogens (tertiary/aromatic N) is 1. The van der Waals surface area contributed by atoms with E-state index in [0.29, 0.717) is 17.9 Å². The number of carbonyl (C=O) groups excluding carboxylic acids is 1. The van der Waals surface area contributed by atoms with Crippen molar-refractivity contribution in [2.45, 2.75) is 39.5 Å². The van der Waals surface area contributed by atoms with Gasteiger partial charge in [0.05, 0.1) is 6.07 Å². The van der Waals surface area contributed by atoms with Crippen LogP contribution in [0.25, 0.3) is 0 Å². The topological polar surface area (TPSA) is 40.9 Å². The van der Waals surface area contributed by atoms with Gasteiger partial charge in [0.25, 0.3) is 0 Å². The van der Waals surface area contributed by atoms with Gasteiger partial charge in [-0.25, -0.2) is 0 Å². The summed E-state index contributed by atoms with van der Waals surface area (Å²) < 4.78 is 0. The highest BCUT2D eigenvalue weighted by atomic mass is 16.1. The molecule has 0 bridgehead atoms. The normalized spacial score (nSPS) is 12.2. The predicted molar refractivity (Wildman–Crippen MR) is 68.9 cm³/mol. The third-order valence-corrected chi connectivity index (χ3v) is 2.91. The van der Waals surface area contributed by atoms with E-state index < -0.39 is 5.92 Å². The Balaban J connectivity index is 2.86. The lowest BCUT2D eigenvalue weighted by molar-refractivity contribution is 0.0943. The zero-order chi connectivity index (χ0) is 12.8. The summed E-state index contributed by atoms with van der Waals surface area (Å²) >= 11 is 0. The van der Waals surface area contributed by atoms with Crippen molar-refractivity contribution in [3.63, 3.8) is 0 Å². The van der Waals surface area contributed by atoms with Gasteiger partial charge in [-0.15, -0.1) is 0 Å². The van der Waals surface area contributed by atoms with E-state index in [1.54, 1.807) is 0 Å². The molecule has 1 unspecified atom stereocenters. The summed E-state index contributed by atoms with van der Waals surface area (Å²) in [4.78, 5) is 12.0. The number of ketones is 1. The molecule has 2 heteroatoms. The molecule has 0 aliphatic heterocycles. The molecule has 0 amide bonds.